The average molecular weight is 493 g/mol. The minimum Gasteiger partial charge on any atom is -0.493 e. The van der Waals surface area contributed by atoms with Crippen molar-refractivity contribution in [3.63, 3.8) is 0 Å². The minimum absolute atomic E-state index is 0.133. The summed E-state index contributed by atoms with van der Waals surface area (Å²) in [5.41, 5.74) is 0.959. The van der Waals surface area contributed by atoms with E-state index < -0.39 is 17.2 Å². The largest absolute Gasteiger partial charge is 0.493 e. The maximum atomic E-state index is 14.0. The Morgan fingerprint density at radius 1 is 0.943 bits per heavy atom. The number of anilines is 1. The Balaban J connectivity index is 1.60. The van der Waals surface area contributed by atoms with Gasteiger partial charge in [-0.3, -0.25) is 9.36 Å². The van der Waals surface area contributed by atoms with Gasteiger partial charge in [-0.05, 0) is 50.2 Å². The molecule has 1 amide bonds. The molecule has 1 heterocycles. The van der Waals surface area contributed by atoms with E-state index in [0.717, 1.165) is 5.69 Å². The lowest BCUT2D eigenvalue weighted by Crippen LogP contribution is -2.23. The summed E-state index contributed by atoms with van der Waals surface area (Å²) < 4.78 is 27.4. The molecule has 0 aliphatic rings. The molecular formula is C26H25FN4O3S. The van der Waals surface area contributed by atoms with Gasteiger partial charge in [-0.15, -0.1) is 10.2 Å². The molecule has 2 unspecified atom stereocenters. The smallest absolute Gasteiger partial charge is 0.237 e. The van der Waals surface area contributed by atoms with Gasteiger partial charge in [0.1, 0.15) is 5.82 Å². The van der Waals surface area contributed by atoms with Gasteiger partial charge in [-0.25, -0.2) is 4.39 Å². The van der Waals surface area contributed by atoms with E-state index in [1.807, 2.05) is 66.1 Å². The molecule has 7 nitrogen and oxygen atoms in total. The Morgan fingerprint density at radius 3 is 2.31 bits per heavy atom. The lowest BCUT2D eigenvalue weighted by molar-refractivity contribution is -0.115. The highest BCUT2D eigenvalue weighted by Crippen LogP contribution is 2.33. The van der Waals surface area contributed by atoms with E-state index in [-0.39, 0.29) is 11.6 Å². The van der Waals surface area contributed by atoms with Gasteiger partial charge >= 0.3 is 0 Å². The van der Waals surface area contributed by atoms with Crippen molar-refractivity contribution < 1.29 is 18.7 Å². The number of hydrogen-bond acceptors (Lipinski definition) is 6. The second kappa shape index (κ2) is 11.1. The summed E-state index contributed by atoms with van der Waals surface area (Å²) in [5, 5.41) is 11.3. The zero-order valence-electron chi connectivity index (χ0n) is 19.5. The molecule has 1 aromatic heterocycles. The lowest BCUT2D eigenvalue weighted by Gasteiger charge is -2.18. The Kier molecular flexibility index (Phi) is 7.67. The number of benzene rings is 3. The Labute approximate surface area is 207 Å². The SMILES string of the molecule is COc1ccccc1OC(C)c1nnc(SC(C)C(=O)Nc2ccccc2F)n1-c1ccccc1. The van der Waals surface area contributed by atoms with Crippen LogP contribution < -0.4 is 14.8 Å². The number of hydrogen-bond donors (Lipinski definition) is 1. The molecule has 9 heteroatoms. The third-order valence-electron chi connectivity index (χ3n) is 5.19. The molecule has 0 saturated heterocycles. The van der Waals surface area contributed by atoms with Crippen molar-refractivity contribution in [1.29, 1.82) is 0 Å². The third kappa shape index (κ3) is 5.63. The van der Waals surface area contributed by atoms with Gasteiger partial charge in [0.15, 0.2) is 28.6 Å². The molecule has 4 aromatic rings. The molecule has 35 heavy (non-hydrogen) atoms. The minimum atomic E-state index is -0.570. The van der Waals surface area contributed by atoms with Gasteiger partial charge in [-0.1, -0.05) is 54.2 Å². The molecule has 0 bridgehead atoms. The van der Waals surface area contributed by atoms with Crippen molar-refractivity contribution >= 4 is 23.4 Å². The van der Waals surface area contributed by atoms with Gasteiger partial charge in [0, 0.05) is 5.69 Å². The van der Waals surface area contributed by atoms with Gasteiger partial charge in [-0.2, -0.15) is 0 Å². The van der Waals surface area contributed by atoms with Crippen molar-refractivity contribution in [2.45, 2.75) is 30.4 Å². The molecule has 0 saturated carbocycles. The molecule has 3 aromatic carbocycles. The Hall–Kier alpha value is -3.85. The van der Waals surface area contributed by atoms with Gasteiger partial charge < -0.3 is 14.8 Å². The molecular weight excluding hydrogens is 467 g/mol. The number of ether oxygens (including phenoxy) is 2. The number of carbonyl (C=O) groups is 1. The quantitative estimate of drug-likeness (QED) is 0.303. The number of nitrogens with one attached hydrogen (secondary N) is 1. The van der Waals surface area contributed by atoms with Crippen LogP contribution in [0.1, 0.15) is 25.8 Å². The maximum absolute atomic E-state index is 14.0. The number of aromatic nitrogens is 3. The highest BCUT2D eigenvalue weighted by molar-refractivity contribution is 8.00. The van der Waals surface area contributed by atoms with Gasteiger partial charge in [0.25, 0.3) is 0 Å². The number of halogens is 1. The van der Waals surface area contributed by atoms with Crippen molar-refractivity contribution in [2.24, 2.45) is 0 Å². The number of thioether (sulfide) groups is 1. The fraction of sp³-hybridized carbons (Fsp3) is 0.192. The number of carbonyl (C=O) groups excluding carboxylic acids is 1. The second-order valence-corrected chi connectivity index (χ2v) is 8.96. The molecule has 0 spiro atoms. The first kappa shape index (κ1) is 24.3. The van der Waals surface area contributed by atoms with Crippen LogP contribution in [0.2, 0.25) is 0 Å². The maximum Gasteiger partial charge on any atom is 0.237 e. The fourth-order valence-corrected chi connectivity index (χ4v) is 4.28. The summed E-state index contributed by atoms with van der Waals surface area (Å²) in [7, 11) is 1.59. The molecule has 1 N–H and O–H groups in total. The first-order valence-electron chi connectivity index (χ1n) is 11.0. The van der Waals surface area contributed by atoms with E-state index in [0.29, 0.717) is 22.5 Å². The first-order valence-corrected chi connectivity index (χ1v) is 11.9. The van der Waals surface area contributed by atoms with Crippen LogP contribution in [0.5, 0.6) is 11.5 Å². The molecule has 2 atom stereocenters. The predicted octanol–water partition coefficient (Wildman–Crippen LogP) is 5.67. The zero-order valence-corrected chi connectivity index (χ0v) is 20.3. The van der Waals surface area contributed by atoms with E-state index in [2.05, 4.69) is 15.5 Å². The summed E-state index contributed by atoms with van der Waals surface area (Å²) in [6, 6.07) is 23.0. The van der Waals surface area contributed by atoms with Crippen LogP contribution in [0, 0.1) is 5.82 Å². The molecule has 180 valence electrons. The molecule has 0 aliphatic heterocycles. The molecule has 0 fully saturated rings. The van der Waals surface area contributed by atoms with Crippen molar-refractivity contribution in [2.75, 3.05) is 12.4 Å². The van der Waals surface area contributed by atoms with Crippen LogP contribution in [0.4, 0.5) is 10.1 Å². The van der Waals surface area contributed by atoms with Crippen LogP contribution in [-0.2, 0) is 4.79 Å². The summed E-state index contributed by atoms with van der Waals surface area (Å²) in [4.78, 5) is 12.8. The van der Waals surface area contributed by atoms with Crippen LogP contribution in [-0.4, -0.2) is 33.0 Å². The van der Waals surface area contributed by atoms with Crippen LogP contribution in [0.15, 0.2) is 84.0 Å². The average Bonchev–Trinajstić information content (AvgIpc) is 3.29. The number of nitrogens with zero attached hydrogens (tertiary/aromatic N) is 3. The summed E-state index contributed by atoms with van der Waals surface area (Å²) in [5.74, 6) is 0.916. The normalized spacial score (nSPS) is 12.6. The van der Waals surface area contributed by atoms with E-state index in [4.69, 9.17) is 9.47 Å². The van der Waals surface area contributed by atoms with E-state index in [9.17, 15) is 9.18 Å². The molecule has 0 aliphatic carbocycles. The monoisotopic (exact) mass is 492 g/mol. The van der Waals surface area contributed by atoms with E-state index in [1.54, 1.807) is 26.2 Å². The highest BCUT2D eigenvalue weighted by atomic mass is 32.2. The summed E-state index contributed by atoms with van der Waals surface area (Å²) in [6.45, 7) is 3.61. The van der Waals surface area contributed by atoms with Gasteiger partial charge in [0.05, 0.1) is 18.0 Å². The Morgan fingerprint density at radius 2 is 1.60 bits per heavy atom. The topological polar surface area (TPSA) is 78.3 Å². The lowest BCUT2D eigenvalue weighted by atomic mass is 10.3. The standard InChI is InChI=1S/C26H25FN4O3S/c1-17(34-23-16-10-9-15-22(23)33-3)24-29-30-26(31(24)19-11-5-4-6-12-19)35-18(2)25(32)28-21-14-8-7-13-20(21)27/h4-18H,1-3H3,(H,28,32). The van der Waals surface area contributed by atoms with Crippen LogP contribution in [0.3, 0.4) is 0 Å². The molecule has 4 rings (SSSR count). The number of rotatable bonds is 9. The van der Waals surface area contributed by atoms with Crippen molar-refractivity contribution in [3.8, 4) is 17.2 Å². The number of amides is 1. The summed E-state index contributed by atoms with van der Waals surface area (Å²) in [6.07, 6.45) is -0.476. The highest BCUT2D eigenvalue weighted by Gasteiger charge is 2.25. The third-order valence-corrected chi connectivity index (χ3v) is 6.24. The van der Waals surface area contributed by atoms with E-state index in [1.165, 1.54) is 23.9 Å². The zero-order chi connectivity index (χ0) is 24.8. The number of para-hydroxylation sites is 4. The van der Waals surface area contributed by atoms with Crippen molar-refractivity contribution in [3.05, 3.63) is 90.5 Å². The molecule has 0 radical (unpaired) electrons. The second-order valence-electron chi connectivity index (χ2n) is 7.65. The van der Waals surface area contributed by atoms with Crippen LogP contribution in [0.25, 0.3) is 5.69 Å². The van der Waals surface area contributed by atoms with Crippen LogP contribution >= 0.6 is 11.8 Å². The predicted molar refractivity (Wildman–Crippen MR) is 134 cm³/mol. The van der Waals surface area contributed by atoms with E-state index >= 15 is 0 Å². The Bertz CT molecular complexity index is 1300. The fourth-order valence-electron chi connectivity index (χ4n) is 3.41. The van der Waals surface area contributed by atoms with Crippen molar-refractivity contribution in [1.82, 2.24) is 14.8 Å². The number of methoxy groups -OCH3 is 1. The van der Waals surface area contributed by atoms with Gasteiger partial charge in [0.2, 0.25) is 5.91 Å². The first-order chi connectivity index (χ1) is 17.0. The summed E-state index contributed by atoms with van der Waals surface area (Å²) >= 11 is 1.23.